The van der Waals surface area contributed by atoms with Crippen molar-refractivity contribution in [3.63, 3.8) is 0 Å². The molecule has 15 heavy (non-hydrogen) atoms. The van der Waals surface area contributed by atoms with Gasteiger partial charge in [-0.25, -0.2) is 0 Å². The molecule has 0 aliphatic heterocycles. The van der Waals surface area contributed by atoms with E-state index < -0.39 is 0 Å². The van der Waals surface area contributed by atoms with Crippen molar-refractivity contribution in [2.75, 3.05) is 25.1 Å². The van der Waals surface area contributed by atoms with Crippen LogP contribution in [0.15, 0.2) is 0 Å². The zero-order chi connectivity index (χ0) is 11.7. The Hall–Kier alpha value is -0.220. The predicted octanol–water partition coefficient (Wildman–Crippen LogP) is 1.49. The van der Waals surface area contributed by atoms with Crippen molar-refractivity contribution in [3.8, 4) is 0 Å². The van der Waals surface area contributed by atoms with Crippen LogP contribution in [-0.2, 0) is 4.79 Å². The molecule has 0 saturated carbocycles. The highest BCUT2D eigenvalue weighted by Crippen LogP contribution is 2.02. The third kappa shape index (κ3) is 7.68. The average molecular weight is 232 g/mol. The topological polar surface area (TPSA) is 41.1 Å². The van der Waals surface area contributed by atoms with E-state index in [0.717, 1.165) is 25.3 Å². The molecule has 0 aliphatic rings. The largest absolute Gasteiger partial charge is 0.355 e. The van der Waals surface area contributed by atoms with Crippen LogP contribution in [0.4, 0.5) is 0 Å². The van der Waals surface area contributed by atoms with Crippen LogP contribution in [-0.4, -0.2) is 37.0 Å². The van der Waals surface area contributed by atoms with Crippen molar-refractivity contribution in [1.29, 1.82) is 0 Å². The summed E-state index contributed by atoms with van der Waals surface area (Å²) in [5.41, 5.74) is 0. The average Bonchev–Trinajstić information content (AvgIpc) is 2.22. The van der Waals surface area contributed by atoms with Crippen LogP contribution in [0.1, 0.15) is 27.2 Å². The van der Waals surface area contributed by atoms with Gasteiger partial charge >= 0.3 is 0 Å². The Labute approximate surface area is 97.8 Å². The second kappa shape index (κ2) is 9.04. The van der Waals surface area contributed by atoms with Crippen LogP contribution in [0.2, 0.25) is 0 Å². The van der Waals surface area contributed by atoms with E-state index in [1.165, 1.54) is 0 Å². The van der Waals surface area contributed by atoms with Gasteiger partial charge < -0.3 is 10.6 Å². The van der Waals surface area contributed by atoms with Crippen LogP contribution in [0.3, 0.4) is 0 Å². The molecule has 0 spiro atoms. The Balaban J connectivity index is 3.62. The van der Waals surface area contributed by atoms with E-state index in [4.69, 9.17) is 0 Å². The second-order valence-electron chi connectivity index (χ2n) is 3.98. The summed E-state index contributed by atoms with van der Waals surface area (Å²) in [5.74, 6) is 1.85. The van der Waals surface area contributed by atoms with Crippen molar-refractivity contribution in [3.05, 3.63) is 0 Å². The number of thioether (sulfide) groups is 1. The fraction of sp³-hybridized carbons (Fsp3) is 0.909. The molecule has 0 fully saturated rings. The highest BCUT2D eigenvalue weighted by molar-refractivity contribution is 7.98. The summed E-state index contributed by atoms with van der Waals surface area (Å²) >= 11 is 1.84. The van der Waals surface area contributed by atoms with E-state index in [1.54, 1.807) is 0 Å². The van der Waals surface area contributed by atoms with Gasteiger partial charge in [-0.05, 0) is 37.8 Å². The molecule has 0 aliphatic carbocycles. The summed E-state index contributed by atoms with van der Waals surface area (Å²) in [6, 6.07) is -0.0825. The van der Waals surface area contributed by atoms with Gasteiger partial charge in [0.1, 0.15) is 0 Å². The van der Waals surface area contributed by atoms with Gasteiger partial charge in [0.25, 0.3) is 0 Å². The smallest absolute Gasteiger partial charge is 0.236 e. The predicted molar refractivity (Wildman–Crippen MR) is 68.3 cm³/mol. The minimum absolute atomic E-state index is 0.0825. The van der Waals surface area contributed by atoms with Crippen LogP contribution in [0, 0.1) is 5.92 Å². The number of carbonyl (C=O) groups is 1. The molecular weight excluding hydrogens is 208 g/mol. The standard InChI is InChI=1S/C11H24N2OS/c1-5-6-12-11(14)10(3)13-7-9(2)8-15-4/h9-10,13H,5-8H2,1-4H3,(H,12,14). The van der Waals surface area contributed by atoms with Gasteiger partial charge in [-0.2, -0.15) is 11.8 Å². The molecule has 0 heterocycles. The van der Waals surface area contributed by atoms with Crippen molar-refractivity contribution in [2.45, 2.75) is 33.2 Å². The van der Waals surface area contributed by atoms with Crippen molar-refractivity contribution < 1.29 is 4.79 Å². The number of hydrogen-bond donors (Lipinski definition) is 2. The molecule has 1 amide bonds. The molecule has 0 bridgehead atoms. The normalized spacial score (nSPS) is 14.7. The van der Waals surface area contributed by atoms with Gasteiger partial charge in [0.2, 0.25) is 5.91 Å². The minimum Gasteiger partial charge on any atom is -0.355 e. The Kier molecular flexibility index (Phi) is 8.91. The molecule has 90 valence electrons. The van der Waals surface area contributed by atoms with Crippen molar-refractivity contribution in [1.82, 2.24) is 10.6 Å². The zero-order valence-corrected chi connectivity index (χ0v) is 11.1. The monoisotopic (exact) mass is 232 g/mol. The Bertz CT molecular complexity index is 176. The molecule has 4 heteroatoms. The lowest BCUT2D eigenvalue weighted by Gasteiger charge is -2.16. The van der Waals surface area contributed by atoms with Gasteiger partial charge in [-0.3, -0.25) is 4.79 Å². The number of hydrogen-bond acceptors (Lipinski definition) is 3. The van der Waals surface area contributed by atoms with Gasteiger partial charge in [-0.1, -0.05) is 13.8 Å². The first-order chi connectivity index (χ1) is 7.11. The van der Waals surface area contributed by atoms with E-state index in [1.807, 2.05) is 18.7 Å². The Morgan fingerprint density at radius 3 is 2.60 bits per heavy atom. The maximum Gasteiger partial charge on any atom is 0.236 e. The van der Waals surface area contributed by atoms with E-state index in [0.29, 0.717) is 5.92 Å². The summed E-state index contributed by atoms with van der Waals surface area (Å²) < 4.78 is 0. The second-order valence-corrected chi connectivity index (χ2v) is 4.89. The fourth-order valence-corrected chi connectivity index (χ4v) is 1.90. The maximum absolute atomic E-state index is 11.5. The molecule has 0 saturated heterocycles. The van der Waals surface area contributed by atoms with Crippen LogP contribution >= 0.6 is 11.8 Å². The van der Waals surface area contributed by atoms with Gasteiger partial charge in [0, 0.05) is 6.54 Å². The molecule has 0 rings (SSSR count). The molecule has 2 unspecified atom stereocenters. The molecular formula is C11H24N2OS. The van der Waals surface area contributed by atoms with Gasteiger partial charge in [0.05, 0.1) is 6.04 Å². The first kappa shape index (κ1) is 14.8. The SMILES string of the molecule is CCCNC(=O)C(C)NCC(C)CSC. The molecule has 3 nitrogen and oxygen atoms in total. The van der Waals surface area contributed by atoms with E-state index >= 15 is 0 Å². The van der Waals surface area contributed by atoms with Gasteiger partial charge in [0.15, 0.2) is 0 Å². The quantitative estimate of drug-likeness (QED) is 0.666. The van der Waals surface area contributed by atoms with Crippen LogP contribution in [0.5, 0.6) is 0 Å². The number of amides is 1. The summed E-state index contributed by atoms with van der Waals surface area (Å²) in [6.45, 7) is 7.84. The lowest BCUT2D eigenvalue weighted by atomic mass is 10.2. The van der Waals surface area contributed by atoms with E-state index in [2.05, 4.69) is 30.7 Å². The van der Waals surface area contributed by atoms with Crippen LogP contribution in [0.25, 0.3) is 0 Å². The summed E-state index contributed by atoms with van der Waals surface area (Å²) in [6.07, 6.45) is 3.09. The van der Waals surface area contributed by atoms with Crippen LogP contribution < -0.4 is 10.6 Å². The first-order valence-corrected chi connectivity index (χ1v) is 7.01. The molecule has 0 aromatic carbocycles. The molecule has 0 aromatic rings. The van der Waals surface area contributed by atoms with E-state index in [9.17, 15) is 4.79 Å². The number of nitrogens with one attached hydrogen (secondary N) is 2. The molecule has 2 N–H and O–H groups in total. The van der Waals surface area contributed by atoms with Gasteiger partial charge in [-0.15, -0.1) is 0 Å². The van der Waals surface area contributed by atoms with Crippen molar-refractivity contribution in [2.24, 2.45) is 5.92 Å². The Morgan fingerprint density at radius 2 is 2.07 bits per heavy atom. The Morgan fingerprint density at radius 1 is 1.40 bits per heavy atom. The van der Waals surface area contributed by atoms with Crippen molar-refractivity contribution >= 4 is 17.7 Å². The lowest BCUT2D eigenvalue weighted by molar-refractivity contribution is -0.122. The zero-order valence-electron chi connectivity index (χ0n) is 10.3. The summed E-state index contributed by atoms with van der Waals surface area (Å²) in [5, 5.41) is 6.13. The highest BCUT2D eigenvalue weighted by Gasteiger charge is 2.12. The molecule has 0 radical (unpaired) electrons. The number of rotatable bonds is 8. The maximum atomic E-state index is 11.5. The molecule has 0 aromatic heterocycles. The lowest BCUT2D eigenvalue weighted by Crippen LogP contribution is -2.44. The summed E-state index contributed by atoms with van der Waals surface area (Å²) in [4.78, 5) is 11.5. The summed E-state index contributed by atoms with van der Waals surface area (Å²) in [7, 11) is 0. The minimum atomic E-state index is -0.0825. The van der Waals surface area contributed by atoms with E-state index in [-0.39, 0.29) is 11.9 Å². The fourth-order valence-electron chi connectivity index (χ4n) is 1.22. The highest BCUT2D eigenvalue weighted by atomic mass is 32.2. The molecule has 2 atom stereocenters. The first-order valence-electron chi connectivity index (χ1n) is 5.61. The third-order valence-electron chi connectivity index (χ3n) is 2.17. The third-order valence-corrected chi connectivity index (χ3v) is 3.07. The number of carbonyl (C=O) groups excluding carboxylic acids is 1.